The first kappa shape index (κ1) is 13.4. The lowest BCUT2D eigenvalue weighted by Crippen LogP contribution is -2.45. The standard InChI is InChI=1S/C16H25NO/c1-12-6-7-15(18-3)14(9-12)11-16(17)8-4-5-13(2)10-16/h6-7,9,13H,4-5,8,10-11,17H2,1-3H3. The second kappa shape index (κ2) is 5.31. The SMILES string of the molecule is COc1ccc(C)cc1CC1(N)CCCC(C)C1. The molecule has 0 heterocycles. The predicted octanol–water partition coefficient (Wildman–Crippen LogP) is 3.45. The highest BCUT2D eigenvalue weighted by Gasteiger charge is 2.31. The highest BCUT2D eigenvalue weighted by Crippen LogP contribution is 2.35. The van der Waals surface area contributed by atoms with E-state index in [1.807, 2.05) is 0 Å². The lowest BCUT2D eigenvalue weighted by atomic mass is 9.74. The average Bonchev–Trinajstić information content (AvgIpc) is 2.28. The predicted molar refractivity (Wildman–Crippen MR) is 76.0 cm³/mol. The first-order valence-electron chi connectivity index (χ1n) is 6.95. The fraction of sp³-hybridized carbons (Fsp3) is 0.625. The van der Waals surface area contributed by atoms with E-state index in [0.717, 1.165) is 30.9 Å². The third-order valence-corrected chi connectivity index (χ3v) is 4.10. The first-order valence-corrected chi connectivity index (χ1v) is 6.95. The number of aryl methyl sites for hydroxylation is 1. The van der Waals surface area contributed by atoms with Crippen LogP contribution in [0.4, 0.5) is 0 Å². The van der Waals surface area contributed by atoms with E-state index < -0.39 is 0 Å². The van der Waals surface area contributed by atoms with Gasteiger partial charge in [-0.05, 0) is 43.7 Å². The minimum Gasteiger partial charge on any atom is -0.496 e. The van der Waals surface area contributed by atoms with Gasteiger partial charge < -0.3 is 10.5 Å². The van der Waals surface area contributed by atoms with Gasteiger partial charge in [-0.2, -0.15) is 0 Å². The van der Waals surface area contributed by atoms with Crippen molar-refractivity contribution in [3.63, 3.8) is 0 Å². The quantitative estimate of drug-likeness (QED) is 0.888. The minimum absolute atomic E-state index is 0.0429. The van der Waals surface area contributed by atoms with Crippen LogP contribution < -0.4 is 10.5 Å². The molecule has 0 amide bonds. The number of methoxy groups -OCH3 is 1. The Morgan fingerprint density at radius 3 is 2.89 bits per heavy atom. The zero-order valence-electron chi connectivity index (χ0n) is 11.8. The van der Waals surface area contributed by atoms with Crippen LogP contribution in [0.25, 0.3) is 0 Å². The molecule has 0 radical (unpaired) electrons. The second-order valence-electron chi connectivity index (χ2n) is 6.06. The molecular formula is C16H25NO. The Morgan fingerprint density at radius 2 is 2.22 bits per heavy atom. The van der Waals surface area contributed by atoms with Crippen LogP contribution in [0.3, 0.4) is 0 Å². The highest BCUT2D eigenvalue weighted by atomic mass is 16.5. The molecule has 1 aliphatic carbocycles. The van der Waals surface area contributed by atoms with E-state index >= 15 is 0 Å². The summed E-state index contributed by atoms with van der Waals surface area (Å²) in [6.07, 6.45) is 5.77. The Hall–Kier alpha value is -1.02. The molecule has 0 aliphatic heterocycles. The smallest absolute Gasteiger partial charge is 0.122 e. The van der Waals surface area contributed by atoms with Crippen molar-refractivity contribution in [1.82, 2.24) is 0 Å². The topological polar surface area (TPSA) is 35.2 Å². The maximum atomic E-state index is 6.60. The maximum Gasteiger partial charge on any atom is 0.122 e. The van der Waals surface area contributed by atoms with E-state index in [1.54, 1.807) is 7.11 Å². The van der Waals surface area contributed by atoms with Gasteiger partial charge in [-0.3, -0.25) is 0 Å². The summed E-state index contributed by atoms with van der Waals surface area (Å²) < 4.78 is 5.46. The van der Waals surface area contributed by atoms with Gasteiger partial charge in [0.15, 0.2) is 0 Å². The summed E-state index contributed by atoms with van der Waals surface area (Å²) in [5.74, 6) is 1.73. The van der Waals surface area contributed by atoms with Crippen LogP contribution >= 0.6 is 0 Å². The van der Waals surface area contributed by atoms with Crippen LogP contribution in [-0.4, -0.2) is 12.6 Å². The largest absolute Gasteiger partial charge is 0.496 e. The monoisotopic (exact) mass is 247 g/mol. The Bertz CT molecular complexity index is 416. The Morgan fingerprint density at radius 1 is 1.44 bits per heavy atom. The van der Waals surface area contributed by atoms with Crippen molar-refractivity contribution < 1.29 is 4.74 Å². The van der Waals surface area contributed by atoms with Crippen molar-refractivity contribution >= 4 is 0 Å². The number of hydrogen-bond acceptors (Lipinski definition) is 2. The molecule has 2 nitrogen and oxygen atoms in total. The summed E-state index contributed by atoms with van der Waals surface area (Å²) in [6.45, 7) is 4.43. The number of ether oxygens (including phenoxy) is 1. The van der Waals surface area contributed by atoms with Crippen molar-refractivity contribution in [1.29, 1.82) is 0 Å². The van der Waals surface area contributed by atoms with Gasteiger partial charge in [0.05, 0.1) is 7.11 Å². The normalized spacial score (nSPS) is 28.1. The molecule has 2 rings (SSSR count). The van der Waals surface area contributed by atoms with Crippen LogP contribution in [0, 0.1) is 12.8 Å². The molecule has 18 heavy (non-hydrogen) atoms. The molecule has 1 aromatic carbocycles. The molecule has 1 aliphatic rings. The van der Waals surface area contributed by atoms with Crippen LogP contribution in [0.1, 0.15) is 43.7 Å². The van der Waals surface area contributed by atoms with E-state index in [2.05, 4.69) is 32.0 Å². The van der Waals surface area contributed by atoms with Crippen LogP contribution in [0.5, 0.6) is 5.75 Å². The minimum atomic E-state index is -0.0429. The van der Waals surface area contributed by atoms with Gasteiger partial charge in [-0.1, -0.05) is 37.5 Å². The van der Waals surface area contributed by atoms with Gasteiger partial charge >= 0.3 is 0 Å². The lowest BCUT2D eigenvalue weighted by Gasteiger charge is -2.37. The molecule has 2 N–H and O–H groups in total. The number of rotatable bonds is 3. The van der Waals surface area contributed by atoms with Crippen LogP contribution in [0.15, 0.2) is 18.2 Å². The molecule has 0 aromatic heterocycles. The maximum absolute atomic E-state index is 6.60. The van der Waals surface area contributed by atoms with Gasteiger partial charge in [0, 0.05) is 5.54 Å². The van der Waals surface area contributed by atoms with Crippen molar-refractivity contribution in [3.05, 3.63) is 29.3 Å². The van der Waals surface area contributed by atoms with E-state index in [9.17, 15) is 0 Å². The van der Waals surface area contributed by atoms with Crippen molar-refractivity contribution in [2.75, 3.05) is 7.11 Å². The van der Waals surface area contributed by atoms with Gasteiger partial charge in [0.2, 0.25) is 0 Å². The fourth-order valence-corrected chi connectivity index (χ4v) is 3.29. The van der Waals surface area contributed by atoms with Crippen molar-refractivity contribution in [2.24, 2.45) is 11.7 Å². The Kier molecular flexibility index (Phi) is 3.96. The summed E-state index contributed by atoms with van der Waals surface area (Å²) in [4.78, 5) is 0. The van der Waals surface area contributed by atoms with Gasteiger partial charge in [0.25, 0.3) is 0 Å². The summed E-state index contributed by atoms with van der Waals surface area (Å²) in [5, 5.41) is 0. The zero-order chi connectivity index (χ0) is 13.2. The molecule has 1 aromatic rings. The van der Waals surface area contributed by atoms with E-state index in [0.29, 0.717) is 0 Å². The first-order chi connectivity index (χ1) is 8.52. The third kappa shape index (κ3) is 3.05. The van der Waals surface area contributed by atoms with Gasteiger partial charge in [-0.25, -0.2) is 0 Å². The highest BCUT2D eigenvalue weighted by molar-refractivity contribution is 5.38. The Labute approximate surface area is 111 Å². The second-order valence-corrected chi connectivity index (χ2v) is 6.06. The molecule has 0 spiro atoms. The number of benzene rings is 1. The summed E-state index contributed by atoms with van der Waals surface area (Å²) in [7, 11) is 1.74. The molecule has 0 saturated heterocycles. The molecular weight excluding hydrogens is 222 g/mol. The molecule has 1 fully saturated rings. The Balaban J connectivity index is 2.19. The molecule has 0 bridgehead atoms. The third-order valence-electron chi connectivity index (χ3n) is 4.10. The zero-order valence-corrected chi connectivity index (χ0v) is 11.8. The molecule has 2 unspecified atom stereocenters. The van der Waals surface area contributed by atoms with E-state index in [-0.39, 0.29) is 5.54 Å². The molecule has 2 heteroatoms. The number of hydrogen-bond donors (Lipinski definition) is 1. The van der Waals surface area contributed by atoms with E-state index in [4.69, 9.17) is 10.5 Å². The van der Waals surface area contributed by atoms with Crippen LogP contribution in [0.2, 0.25) is 0 Å². The van der Waals surface area contributed by atoms with Crippen molar-refractivity contribution in [2.45, 2.75) is 51.5 Å². The summed E-state index contributed by atoms with van der Waals surface area (Å²) in [5.41, 5.74) is 9.09. The van der Waals surface area contributed by atoms with Crippen molar-refractivity contribution in [3.8, 4) is 5.75 Å². The lowest BCUT2D eigenvalue weighted by molar-refractivity contribution is 0.233. The summed E-state index contributed by atoms with van der Waals surface area (Å²) in [6, 6.07) is 6.36. The number of nitrogens with two attached hydrogens (primary N) is 1. The molecule has 100 valence electrons. The molecule has 1 saturated carbocycles. The average molecular weight is 247 g/mol. The van der Waals surface area contributed by atoms with Gasteiger partial charge in [0.1, 0.15) is 5.75 Å². The summed E-state index contributed by atoms with van der Waals surface area (Å²) >= 11 is 0. The molecule has 2 atom stereocenters. The van der Waals surface area contributed by atoms with Gasteiger partial charge in [-0.15, -0.1) is 0 Å². The van der Waals surface area contributed by atoms with Crippen LogP contribution in [-0.2, 0) is 6.42 Å². The fourth-order valence-electron chi connectivity index (χ4n) is 3.29. The van der Waals surface area contributed by atoms with E-state index in [1.165, 1.54) is 24.0 Å².